The van der Waals surface area contributed by atoms with Crippen molar-refractivity contribution in [3.05, 3.63) is 83.2 Å². The number of nitrogens with zero attached hydrogens (tertiary/aromatic N) is 2. The predicted octanol–water partition coefficient (Wildman–Crippen LogP) is 6.18. The Bertz CT molecular complexity index is 1340. The Morgan fingerprint density at radius 3 is 2.72 bits per heavy atom. The van der Waals surface area contributed by atoms with Crippen molar-refractivity contribution >= 4 is 56.4 Å². The number of rotatable bonds is 4. The van der Waals surface area contributed by atoms with Crippen LogP contribution in [0.2, 0.25) is 0 Å². The molecule has 0 spiro atoms. The summed E-state index contributed by atoms with van der Waals surface area (Å²) in [5.74, 6) is 4.36. The second-order valence-electron chi connectivity index (χ2n) is 6.44. The molecule has 5 rings (SSSR count). The van der Waals surface area contributed by atoms with E-state index in [4.69, 9.17) is 10.8 Å². The van der Waals surface area contributed by atoms with Gasteiger partial charge in [0, 0.05) is 17.5 Å². The van der Waals surface area contributed by atoms with Gasteiger partial charge in [-0.2, -0.15) is 0 Å². The molecule has 0 saturated heterocycles. The number of hydrogen-bond donors (Lipinski definition) is 1. The molecule has 1 N–H and O–H groups in total. The lowest BCUT2D eigenvalue weighted by Gasteiger charge is -2.05. The third-order valence-corrected chi connectivity index (χ3v) is 5.57. The molecule has 29 heavy (non-hydrogen) atoms. The van der Waals surface area contributed by atoms with E-state index < -0.39 is 0 Å². The van der Waals surface area contributed by atoms with E-state index in [-0.39, 0.29) is 12.4 Å². The first kappa shape index (κ1) is 19.0. The van der Waals surface area contributed by atoms with Gasteiger partial charge < -0.3 is 9.73 Å². The van der Waals surface area contributed by atoms with Gasteiger partial charge in [-0.1, -0.05) is 36.3 Å². The zero-order chi connectivity index (χ0) is 18.9. The molecule has 0 amide bonds. The number of benzene rings is 2. The van der Waals surface area contributed by atoms with Gasteiger partial charge in [0.15, 0.2) is 5.82 Å². The summed E-state index contributed by atoms with van der Waals surface area (Å²) in [5.41, 5.74) is 3.89. The molecule has 142 valence electrons. The fourth-order valence-corrected chi connectivity index (χ4v) is 4.08. The first-order valence-electron chi connectivity index (χ1n) is 8.83. The summed E-state index contributed by atoms with van der Waals surface area (Å²) in [7, 11) is 0. The van der Waals surface area contributed by atoms with Gasteiger partial charge in [-0.05, 0) is 35.9 Å². The molecule has 0 fully saturated rings. The topological polar surface area (TPSA) is 51.0 Å². The second kappa shape index (κ2) is 7.96. The maximum atomic E-state index is 5.99. The minimum Gasteiger partial charge on any atom is -0.461 e. The Labute approximate surface area is 178 Å². The largest absolute Gasteiger partial charge is 0.461 e. The molecule has 2 aromatic carbocycles. The average molecular weight is 418 g/mol. The second-order valence-corrected chi connectivity index (χ2v) is 7.50. The highest BCUT2D eigenvalue weighted by Gasteiger charge is 2.10. The van der Waals surface area contributed by atoms with Crippen molar-refractivity contribution in [1.29, 1.82) is 0 Å². The average Bonchev–Trinajstić information content (AvgIpc) is 3.32. The van der Waals surface area contributed by atoms with Crippen molar-refractivity contribution in [2.24, 2.45) is 0 Å². The van der Waals surface area contributed by atoms with Crippen LogP contribution in [0.1, 0.15) is 16.2 Å². The van der Waals surface area contributed by atoms with E-state index in [9.17, 15) is 0 Å². The van der Waals surface area contributed by atoms with E-state index in [1.54, 1.807) is 6.33 Å². The monoisotopic (exact) mass is 417 g/mol. The van der Waals surface area contributed by atoms with Crippen molar-refractivity contribution in [3.63, 3.8) is 0 Å². The molecule has 0 aliphatic rings. The van der Waals surface area contributed by atoms with E-state index >= 15 is 0 Å². The van der Waals surface area contributed by atoms with Crippen LogP contribution in [0.3, 0.4) is 0 Å². The number of furan rings is 1. The normalized spacial score (nSPS) is 10.6. The number of hydrogen-bond acceptors (Lipinski definition) is 5. The van der Waals surface area contributed by atoms with E-state index in [2.05, 4.69) is 45.5 Å². The molecule has 0 atom stereocenters. The fourth-order valence-electron chi connectivity index (χ4n) is 3.21. The summed E-state index contributed by atoms with van der Waals surface area (Å²) in [6.07, 6.45) is 7.84. The van der Waals surface area contributed by atoms with Crippen LogP contribution in [0, 0.1) is 12.3 Å². The van der Waals surface area contributed by atoms with Crippen molar-refractivity contribution in [2.75, 3.05) is 5.32 Å². The Morgan fingerprint density at radius 2 is 1.90 bits per heavy atom. The Hall–Kier alpha value is -3.33. The number of nitrogens with one attached hydrogen (secondary N) is 1. The SMILES string of the molecule is C#Cc1cc2ncnc(Nc3ccc4oc(Cc5ccccc5)cc4c3)c2s1.Cl. The van der Waals surface area contributed by atoms with Gasteiger partial charge in [-0.15, -0.1) is 30.2 Å². The van der Waals surface area contributed by atoms with Crippen LogP contribution in [0.5, 0.6) is 0 Å². The molecule has 0 unspecified atom stereocenters. The van der Waals surface area contributed by atoms with Crippen LogP contribution in [-0.2, 0) is 6.42 Å². The third kappa shape index (κ3) is 3.81. The molecule has 0 aliphatic heterocycles. The highest BCUT2D eigenvalue weighted by atomic mass is 35.5. The molecule has 0 saturated carbocycles. The molecular weight excluding hydrogens is 402 g/mol. The summed E-state index contributed by atoms with van der Waals surface area (Å²) in [6.45, 7) is 0. The van der Waals surface area contributed by atoms with Gasteiger partial charge in [0.25, 0.3) is 0 Å². The fraction of sp³-hybridized carbons (Fsp3) is 0.0435. The van der Waals surface area contributed by atoms with E-state index in [0.717, 1.165) is 49.7 Å². The van der Waals surface area contributed by atoms with Crippen LogP contribution < -0.4 is 5.32 Å². The lowest BCUT2D eigenvalue weighted by molar-refractivity contribution is 0.563. The molecule has 4 nitrogen and oxygen atoms in total. The first-order chi connectivity index (χ1) is 13.8. The first-order valence-corrected chi connectivity index (χ1v) is 9.65. The number of thiophene rings is 1. The highest BCUT2D eigenvalue weighted by Crippen LogP contribution is 2.32. The molecular formula is C23H16ClN3OS. The summed E-state index contributed by atoms with van der Waals surface area (Å²) in [4.78, 5) is 9.52. The van der Waals surface area contributed by atoms with Crippen molar-refractivity contribution < 1.29 is 4.42 Å². The quantitative estimate of drug-likeness (QED) is 0.355. The van der Waals surface area contributed by atoms with Crippen LogP contribution in [0.4, 0.5) is 11.5 Å². The van der Waals surface area contributed by atoms with Crippen molar-refractivity contribution in [2.45, 2.75) is 6.42 Å². The maximum absolute atomic E-state index is 5.99. The summed E-state index contributed by atoms with van der Waals surface area (Å²) >= 11 is 1.51. The number of aromatic nitrogens is 2. The lowest BCUT2D eigenvalue weighted by atomic mass is 10.1. The number of anilines is 2. The number of halogens is 1. The van der Waals surface area contributed by atoms with Crippen molar-refractivity contribution in [1.82, 2.24) is 9.97 Å². The van der Waals surface area contributed by atoms with Gasteiger partial charge in [0.05, 0.1) is 15.1 Å². The highest BCUT2D eigenvalue weighted by molar-refractivity contribution is 7.20. The zero-order valence-corrected chi connectivity index (χ0v) is 16.9. The summed E-state index contributed by atoms with van der Waals surface area (Å²) in [6, 6.07) is 20.3. The van der Waals surface area contributed by atoms with E-state index in [1.165, 1.54) is 16.9 Å². The van der Waals surface area contributed by atoms with Crippen LogP contribution >= 0.6 is 23.7 Å². The molecule has 0 aliphatic carbocycles. The van der Waals surface area contributed by atoms with Crippen LogP contribution in [-0.4, -0.2) is 9.97 Å². The van der Waals surface area contributed by atoms with Gasteiger partial charge >= 0.3 is 0 Å². The maximum Gasteiger partial charge on any atom is 0.151 e. The van der Waals surface area contributed by atoms with Gasteiger partial charge in [-0.3, -0.25) is 0 Å². The van der Waals surface area contributed by atoms with Gasteiger partial charge in [0.2, 0.25) is 0 Å². The molecule has 5 aromatic rings. The molecule has 6 heteroatoms. The van der Waals surface area contributed by atoms with E-state index in [0.29, 0.717) is 0 Å². The van der Waals surface area contributed by atoms with Gasteiger partial charge in [0.1, 0.15) is 17.7 Å². The number of fused-ring (bicyclic) bond motifs is 2. The minimum absolute atomic E-state index is 0. The van der Waals surface area contributed by atoms with Gasteiger partial charge in [-0.25, -0.2) is 9.97 Å². The number of terminal acetylenes is 1. The smallest absolute Gasteiger partial charge is 0.151 e. The zero-order valence-electron chi connectivity index (χ0n) is 15.3. The Morgan fingerprint density at radius 1 is 1.03 bits per heavy atom. The molecule has 0 bridgehead atoms. The summed E-state index contributed by atoms with van der Waals surface area (Å²) in [5, 5.41) is 4.44. The summed E-state index contributed by atoms with van der Waals surface area (Å²) < 4.78 is 6.94. The molecule has 3 aromatic heterocycles. The minimum atomic E-state index is 0. The third-order valence-electron chi connectivity index (χ3n) is 4.50. The van der Waals surface area contributed by atoms with Crippen molar-refractivity contribution in [3.8, 4) is 12.3 Å². The molecule has 0 radical (unpaired) electrons. The van der Waals surface area contributed by atoms with Crippen LogP contribution in [0.15, 0.2) is 71.4 Å². The standard InChI is InChI=1S/C23H15N3OS.ClH/c1-2-19-13-20-22(28-19)23(25-14-24-20)26-17-8-9-21-16(11-17)12-18(27-21)10-15-6-4-3-5-7-15;/h1,3-9,11-14H,10H2,(H,24,25,26);1H. The predicted molar refractivity (Wildman–Crippen MR) is 121 cm³/mol. The Balaban J connectivity index is 0.00000205. The molecule has 3 heterocycles. The van der Waals surface area contributed by atoms with E-state index in [1.807, 2.05) is 36.4 Å². The lowest BCUT2D eigenvalue weighted by Crippen LogP contribution is -1.93. The van der Waals surface area contributed by atoms with Crippen LogP contribution in [0.25, 0.3) is 21.2 Å². The Kier molecular flexibility index (Phi) is 5.22.